The van der Waals surface area contributed by atoms with Crippen molar-refractivity contribution in [3.63, 3.8) is 0 Å². The van der Waals surface area contributed by atoms with Gasteiger partial charge in [0.1, 0.15) is 0 Å². The van der Waals surface area contributed by atoms with E-state index in [0.717, 1.165) is 25.0 Å². The predicted octanol–water partition coefficient (Wildman–Crippen LogP) is 2.88. The number of carbonyl (C=O) groups is 1. The Hall–Kier alpha value is -2.30. The molecular formula is C16H19N3O2. The molecule has 110 valence electrons. The fourth-order valence-electron chi connectivity index (χ4n) is 2.85. The molecule has 5 heteroatoms. The number of rotatable bonds is 6. The Balaban J connectivity index is 1.55. The van der Waals surface area contributed by atoms with E-state index in [1.54, 1.807) is 17.4 Å². The smallest absolute Gasteiger partial charge is 0.407 e. The fourth-order valence-corrected chi connectivity index (χ4v) is 2.85. The van der Waals surface area contributed by atoms with Crippen molar-refractivity contribution >= 4 is 6.09 Å². The van der Waals surface area contributed by atoms with Crippen LogP contribution in [0, 0.1) is 0 Å². The number of nitrogens with zero attached hydrogens (tertiary/aromatic N) is 2. The van der Waals surface area contributed by atoms with Gasteiger partial charge in [0.25, 0.3) is 0 Å². The number of aromatic nitrogens is 2. The molecule has 1 amide bonds. The number of aryl methyl sites for hydroxylation is 1. The molecule has 0 radical (unpaired) electrons. The zero-order valence-corrected chi connectivity index (χ0v) is 11.8. The van der Waals surface area contributed by atoms with Crippen molar-refractivity contribution in [3.8, 4) is 0 Å². The number of imidazole rings is 1. The first kappa shape index (κ1) is 13.7. The molecule has 2 atom stereocenters. The highest BCUT2D eigenvalue weighted by Crippen LogP contribution is 2.44. The van der Waals surface area contributed by atoms with Crippen molar-refractivity contribution in [2.24, 2.45) is 0 Å². The lowest BCUT2D eigenvalue weighted by atomic mass is 10.1. The SMILES string of the molecule is O=C(O)N(CCCc1cnc[nH]1)C1CC1c1ccccc1. The van der Waals surface area contributed by atoms with Crippen LogP contribution in [0.25, 0.3) is 0 Å². The first-order chi connectivity index (χ1) is 10.3. The second kappa shape index (κ2) is 5.99. The van der Waals surface area contributed by atoms with Crippen LogP contribution < -0.4 is 0 Å². The molecule has 1 saturated carbocycles. The van der Waals surface area contributed by atoms with Gasteiger partial charge < -0.3 is 15.0 Å². The van der Waals surface area contributed by atoms with Gasteiger partial charge in [-0.3, -0.25) is 0 Å². The van der Waals surface area contributed by atoms with Crippen molar-refractivity contribution in [1.82, 2.24) is 14.9 Å². The van der Waals surface area contributed by atoms with Crippen LogP contribution in [0.5, 0.6) is 0 Å². The van der Waals surface area contributed by atoms with Gasteiger partial charge in [-0.1, -0.05) is 30.3 Å². The van der Waals surface area contributed by atoms with Crippen molar-refractivity contribution < 1.29 is 9.90 Å². The Morgan fingerprint density at radius 2 is 2.19 bits per heavy atom. The summed E-state index contributed by atoms with van der Waals surface area (Å²) >= 11 is 0. The van der Waals surface area contributed by atoms with Gasteiger partial charge in [-0.05, 0) is 24.8 Å². The van der Waals surface area contributed by atoms with E-state index in [-0.39, 0.29) is 6.04 Å². The summed E-state index contributed by atoms with van der Waals surface area (Å²) in [6, 6.07) is 10.3. The topological polar surface area (TPSA) is 69.2 Å². The zero-order chi connectivity index (χ0) is 14.7. The van der Waals surface area contributed by atoms with Crippen molar-refractivity contribution in [1.29, 1.82) is 0 Å². The lowest BCUT2D eigenvalue weighted by molar-refractivity contribution is 0.140. The van der Waals surface area contributed by atoms with Crippen LogP contribution in [0.15, 0.2) is 42.9 Å². The van der Waals surface area contributed by atoms with E-state index in [0.29, 0.717) is 12.5 Å². The van der Waals surface area contributed by atoms with Gasteiger partial charge >= 0.3 is 6.09 Å². The second-order valence-electron chi connectivity index (χ2n) is 5.48. The minimum absolute atomic E-state index is 0.131. The van der Waals surface area contributed by atoms with Crippen LogP contribution in [0.2, 0.25) is 0 Å². The van der Waals surface area contributed by atoms with Crippen LogP contribution in [0.1, 0.15) is 30.0 Å². The molecule has 2 unspecified atom stereocenters. The normalized spacial score (nSPS) is 20.2. The summed E-state index contributed by atoms with van der Waals surface area (Å²) in [6.45, 7) is 0.572. The van der Waals surface area contributed by atoms with Crippen LogP contribution in [-0.4, -0.2) is 38.7 Å². The minimum Gasteiger partial charge on any atom is -0.465 e. The maximum absolute atomic E-state index is 11.5. The lowest BCUT2D eigenvalue weighted by Crippen LogP contribution is -2.33. The van der Waals surface area contributed by atoms with Crippen LogP contribution in [0.3, 0.4) is 0 Å². The van der Waals surface area contributed by atoms with E-state index in [2.05, 4.69) is 22.1 Å². The number of amides is 1. The number of hydrogen-bond donors (Lipinski definition) is 2. The first-order valence-electron chi connectivity index (χ1n) is 7.27. The van der Waals surface area contributed by atoms with E-state index in [9.17, 15) is 9.90 Å². The highest BCUT2D eigenvalue weighted by Gasteiger charge is 2.44. The molecule has 0 aliphatic heterocycles. The summed E-state index contributed by atoms with van der Waals surface area (Å²) in [4.78, 5) is 20.1. The molecule has 5 nitrogen and oxygen atoms in total. The summed E-state index contributed by atoms with van der Waals surface area (Å²) in [5, 5.41) is 9.41. The average Bonchev–Trinajstić information content (AvgIpc) is 3.10. The number of H-pyrrole nitrogens is 1. The zero-order valence-electron chi connectivity index (χ0n) is 11.8. The highest BCUT2D eigenvalue weighted by molar-refractivity contribution is 5.66. The second-order valence-corrected chi connectivity index (χ2v) is 5.48. The molecule has 1 aromatic carbocycles. The summed E-state index contributed by atoms with van der Waals surface area (Å²) in [6.07, 6.45) is 5.19. The van der Waals surface area contributed by atoms with E-state index in [1.807, 2.05) is 18.2 Å². The minimum atomic E-state index is -0.817. The molecule has 1 aliphatic carbocycles. The summed E-state index contributed by atoms with van der Waals surface area (Å²) in [5.41, 5.74) is 2.29. The van der Waals surface area contributed by atoms with E-state index < -0.39 is 6.09 Å². The van der Waals surface area contributed by atoms with Crippen LogP contribution in [-0.2, 0) is 6.42 Å². The number of nitrogens with one attached hydrogen (secondary N) is 1. The molecule has 21 heavy (non-hydrogen) atoms. The van der Waals surface area contributed by atoms with Crippen LogP contribution >= 0.6 is 0 Å². The molecule has 1 heterocycles. The number of benzene rings is 1. The maximum Gasteiger partial charge on any atom is 0.407 e. The number of aromatic amines is 1. The summed E-state index contributed by atoms with van der Waals surface area (Å²) in [7, 11) is 0. The molecular weight excluding hydrogens is 266 g/mol. The molecule has 1 fully saturated rings. The Morgan fingerprint density at radius 1 is 1.38 bits per heavy atom. The third-order valence-electron chi connectivity index (χ3n) is 4.03. The largest absolute Gasteiger partial charge is 0.465 e. The number of hydrogen-bond acceptors (Lipinski definition) is 2. The standard InChI is InChI=1S/C16H19N3O2/c20-16(21)19(8-4-7-13-10-17-11-18-13)15-9-14(15)12-5-2-1-3-6-12/h1-3,5-6,10-11,14-15H,4,7-9H2,(H,17,18)(H,20,21). The van der Waals surface area contributed by atoms with Gasteiger partial charge in [-0.15, -0.1) is 0 Å². The predicted molar refractivity (Wildman–Crippen MR) is 79.2 cm³/mol. The molecule has 0 saturated heterocycles. The van der Waals surface area contributed by atoms with E-state index >= 15 is 0 Å². The molecule has 3 rings (SSSR count). The number of carboxylic acid groups (broad SMARTS) is 1. The van der Waals surface area contributed by atoms with E-state index in [1.165, 1.54) is 5.56 Å². The monoisotopic (exact) mass is 285 g/mol. The molecule has 1 aromatic heterocycles. The third kappa shape index (κ3) is 3.24. The van der Waals surface area contributed by atoms with Gasteiger partial charge in [-0.2, -0.15) is 0 Å². The molecule has 2 N–H and O–H groups in total. The van der Waals surface area contributed by atoms with Gasteiger partial charge in [0.15, 0.2) is 0 Å². The van der Waals surface area contributed by atoms with Gasteiger partial charge in [-0.25, -0.2) is 9.78 Å². The lowest BCUT2D eigenvalue weighted by Gasteiger charge is -2.19. The molecule has 0 bridgehead atoms. The molecule has 2 aromatic rings. The summed E-state index contributed by atoms with van der Waals surface area (Å²) in [5.74, 6) is 0.356. The van der Waals surface area contributed by atoms with E-state index in [4.69, 9.17) is 0 Å². The molecule has 1 aliphatic rings. The average molecular weight is 285 g/mol. The Morgan fingerprint density at radius 3 is 2.86 bits per heavy atom. The Labute approximate surface area is 123 Å². The van der Waals surface area contributed by atoms with Crippen molar-refractivity contribution in [2.45, 2.75) is 31.2 Å². The van der Waals surface area contributed by atoms with Crippen molar-refractivity contribution in [3.05, 3.63) is 54.1 Å². The van der Waals surface area contributed by atoms with Gasteiger partial charge in [0.2, 0.25) is 0 Å². The molecule has 0 spiro atoms. The quantitative estimate of drug-likeness (QED) is 0.857. The third-order valence-corrected chi connectivity index (χ3v) is 4.03. The maximum atomic E-state index is 11.5. The van der Waals surface area contributed by atoms with Gasteiger partial charge in [0.05, 0.1) is 6.33 Å². The summed E-state index contributed by atoms with van der Waals surface area (Å²) < 4.78 is 0. The highest BCUT2D eigenvalue weighted by atomic mass is 16.4. The van der Waals surface area contributed by atoms with Crippen LogP contribution in [0.4, 0.5) is 4.79 Å². The van der Waals surface area contributed by atoms with Crippen molar-refractivity contribution in [2.75, 3.05) is 6.54 Å². The fraction of sp³-hybridized carbons (Fsp3) is 0.375. The van der Waals surface area contributed by atoms with Gasteiger partial charge in [0, 0.05) is 30.4 Å². The first-order valence-corrected chi connectivity index (χ1v) is 7.27. The Kier molecular flexibility index (Phi) is 3.90. The Bertz CT molecular complexity index is 583.